The van der Waals surface area contributed by atoms with E-state index in [1.54, 1.807) is 39.0 Å². The summed E-state index contributed by atoms with van der Waals surface area (Å²) < 4.78 is 69.3. The maximum absolute atomic E-state index is 14.1. The molecule has 0 bridgehead atoms. The zero-order valence-electron chi connectivity index (χ0n) is 23.7. The first-order chi connectivity index (χ1) is 19.6. The van der Waals surface area contributed by atoms with E-state index in [4.69, 9.17) is 11.6 Å². The lowest BCUT2D eigenvalue weighted by Gasteiger charge is -2.34. The van der Waals surface area contributed by atoms with E-state index in [0.717, 1.165) is 17.7 Å². The fourth-order valence-corrected chi connectivity index (χ4v) is 6.14. The Morgan fingerprint density at radius 1 is 0.976 bits per heavy atom. The van der Waals surface area contributed by atoms with Crippen LogP contribution in [0.25, 0.3) is 0 Å². The largest absolute Gasteiger partial charge is 0.416 e. The van der Waals surface area contributed by atoms with Gasteiger partial charge >= 0.3 is 6.18 Å². The molecule has 0 aliphatic heterocycles. The van der Waals surface area contributed by atoms with Crippen LogP contribution >= 0.6 is 11.6 Å². The smallest absolute Gasteiger partial charge is 0.352 e. The number of alkyl halides is 3. The third-order valence-corrected chi connectivity index (χ3v) is 8.50. The Labute approximate surface area is 249 Å². The number of benzene rings is 3. The van der Waals surface area contributed by atoms with Gasteiger partial charge in [-0.05, 0) is 63.1 Å². The number of anilines is 1. The standard InChI is InChI=1S/C30H33ClF3N3O4S/c1-5-26(29(39)35-20(2)3)36(18-22-11-9-10-21(4)16-22)28(38)19-37(42(40,41)24-12-7-6-8-13-24)27-17-23(30(32,33)34)14-15-25(27)31/h6-17,20,26H,5,18-19H2,1-4H3,(H,35,39)/t26-/m0/s1. The summed E-state index contributed by atoms with van der Waals surface area (Å²) in [4.78, 5) is 28.2. The minimum Gasteiger partial charge on any atom is -0.352 e. The van der Waals surface area contributed by atoms with Gasteiger partial charge in [-0.2, -0.15) is 13.2 Å². The molecule has 226 valence electrons. The Kier molecular flexibility index (Phi) is 10.7. The fraction of sp³-hybridized carbons (Fsp3) is 0.333. The molecular weight excluding hydrogens is 591 g/mol. The second-order valence-electron chi connectivity index (χ2n) is 10.1. The van der Waals surface area contributed by atoms with E-state index in [9.17, 15) is 31.2 Å². The highest BCUT2D eigenvalue weighted by molar-refractivity contribution is 7.92. The highest BCUT2D eigenvalue weighted by Gasteiger charge is 2.37. The van der Waals surface area contributed by atoms with E-state index >= 15 is 0 Å². The number of hydrogen-bond donors (Lipinski definition) is 1. The van der Waals surface area contributed by atoms with Crippen molar-refractivity contribution in [1.29, 1.82) is 0 Å². The van der Waals surface area contributed by atoms with Crippen LogP contribution in [0.3, 0.4) is 0 Å². The number of carbonyl (C=O) groups excluding carboxylic acids is 2. The van der Waals surface area contributed by atoms with Crippen molar-refractivity contribution in [2.24, 2.45) is 0 Å². The molecule has 3 aromatic rings. The van der Waals surface area contributed by atoms with Gasteiger partial charge in [0.2, 0.25) is 11.8 Å². The average Bonchev–Trinajstić information content (AvgIpc) is 2.91. The summed E-state index contributed by atoms with van der Waals surface area (Å²) in [6.07, 6.45) is -4.60. The molecule has 1 N–H and O–H groups in total. The molecule has 0 radical (unpaired) electrons. The number of halogens is 4. The molecule has 3 rings (SSSR count). The van der Waals surface area contributed by atoms with Crippen molar-refractivity contribution < 1.29 is 31.2 Å². The Balaban J connectivity index is 2.16. The molecule has 0 aliphatic carbocycles. The predicted molar refractivity (Wildman–Crippen MR) is 157 cm³/mol. The zero-order chi connectivity index (χ0) is 31.2. The topological polar surface area (TPSA) is 86.8 Å². The normalized spacial score (nSPS) is 12.6. The van der Waals surface area contributed by atoms with Crippen molar-refractivity contribution >= 4 is 39.1 Å². The van der Waals surface area contributed by atoms with E-state index in [1.165, 1.54) is 29.2 Å². The van der Waals surface area contributed by atoms with Crippen LogP contribution in [-0.2, 0) is 32.3 Å². The number of amides is 2. The molecule has 3 aromatic carbocycles. The van der Waals surface area contributed by atoms with Crippen molar-refractivity contribution in [3.63, 3.8) is 0 Å². The summed E-state index contributed by atoms with van der Waals surface area (Å²) in [5.41, 5.74) is -0.0572. The SMILES string of the molecule is CC[C@@H](C(=O)NC(C)C)N(Cc1cccc(C)c1)C(=O)CN(c1cc(C(F)(F)F)ccc1Cl)S(=O)(=O)c1ccccc1. The van der Waals surface area contributed by atoms with E-state index in [0.29, 0.717) is 15.9 Å². The Morgan fingerprint density at radius 3 is 2.21 bits per heavy atom. The number of aryl methyl sites for hydroxylation is 1. The van der Waals surface area contributed by atoms with Crippen molar-refractivity contribution in [3.8, 4) is 0 Å². The second-order valence-corrected chi connectivity index (χ2v) is 12.4. The molecule has 0 aromatic heterocycles. The van der Waals surface area contributed by atoms with Crippen LogP contribution < -0.4 is 9.62 Å². The van der Waals surface area contributed by atoms with E-state index in [1.807, 2.05) is 19.1 Å². The van der Waals surface area contributed by atoms with Crippen LogP contribution in [0.1, 0.15) is 43.9 Å². The van der Waals surface area contributed by atoms with Gasteiger partial charge in [-0.3, -0.25) is 13.9 Å². The molecule has 42 heavy (non-hydrogen) atoms. The third kappa shape index (κ3) is 8.04. The van der Waals surface area contributed by atoms with Gasteiger partial charge < -0.3 is 10.2 Å². The maximum atomic E-state index is 14.1. The van der Waals surface area contributed by atoms with Crippen molar-refractivity contribution in [2.75, 3.05) is 10.8 Å². The molecule has 0 fully saturated rings. The Hall–Kier alpha value is -3.57. The van der Waals surface area contributed by atoms with Gasteiger partial charge in [0, 0.05) is 12.6 Å². The highest BCUT2D eigenvalue weighted by Crippen LogP contribution is 2.37. The molecule has 0 unspecified atom stereocenters. The summed E-state index contributed by atoms with van der Waals surface area (Å²) in [7, 11) is -4.59. The van der Waals surface area contributed by atoms with Crippen LogP contribution in [0.5, 0.6) is 0 Å². The van der Waals surface area contributed by atoms with E-state index < -0.39 is 51.9 Å². The molecule has 0 saturated carbocycles. The first-order valence-electron chi connectivity index (χ1n) is 13.2. The molecule has 0 saturated heterocycles. The minimum absolute atomic E-state index is 0.0416. The Bertz CT molecular complexity index is 1520. The zero-order valence-corrected chi connectivity index (χ0v) is 25.2. The lowest BCUT2D eigenvalue weighted by atomic mass is 10.1. The summed E-state index contributed by atoms with van der Waals surface area (Å²) in [5.74, 6) is -1.24. The summed E-state index contributed by atoms with van der Waals surface area (Å²) >= 11 is 6.28. The molecule has 1 atom stereocenters. The molecule has 7 nitrogen and oxygen atoms in total. The van der Waals surface area contributed by atoms with Crippen LogP contribution in [0, 0.1) is 6.92 Å². The fourth-order valence-electron chi connectivity index (χ4n) is 4.42. The molecule has 0 spiro atoms. The average molecular weight is 624 g/mol. The lowest BCUT2D eigenvalue weighted by molar-refractivity contribution is -0.140. The number of rotatable bonds is 11. The van der Waals surface area contributed by atoms with Crippen LogP contribution in [0.15, 0.2) is 77.7 Å². The van der Waals surface area contributed by atoms with Gasteiger partial charge in [-0.25, -0.2) is 8.42 Å². The summed E-state index contributed by atoms with van der Waals surface area (Å²) in [6.45, 7) is 6.16. The van der Waals surface area contributed by atoms with Crippen LogP contribution in [0.2, 0.25) is 5.02 Å². The summed E-state index contributed by atoms with van der Waals surface area (Å²) in [5, 5.41) is 2.49. The minimum atomic E-state index is -4.80. The molecule has 12 heteroatoms. The highest BCUT2D eigenvalue weighted by atomic mass is 35.5. The quantitative estimate of drug-likeness (QED) is 0.276. The van der Waals surface area contributed by atoms with Gasteiger partial charge in [0.15, 0.2) is 0 Å². The van der Waals surface area contributed by atoms with Crippen molar-refractivity contribution in [1.82, 2.24) is 10.2 Å². The number of sulfonamides is 1. The van der Waals surface area contributed by atoms with Crippen LogP contribution in [-0.4, -0.2) is 43.8 Å². The predicted octanol–water partition coefficient (Wildman–Crippen LogP) is 6.19. The number of nitrogens with one attached hydrogen (secondary N) is 1. The molecular formula is C30H33ClF3N3O4S. The monoisotopic (exact) mass is 623 g/mol. The van der Waals surface area contributed by atoms with Crippen LogP contribution in [0.4, 0.5) is 18.9 Å². The maximum Gasteiger partial charge on any atom is 0.416 e. The molecule has 0 aliphatic rings. The van der Waals surface area contributed by atoms with E-state index in [2.05, 4.69) is 5.32 Å². The first-order valence-corrected chi connectivity index (χ1v) is 15.1. The van der Waals surface area contributed by atoms with Gasteiger partial charge in [-0.1, -0.05) is 66.6 Å². The number of carbonyl (C=O) groups is 2. The lowest BCUT2D eigenvalue weighted by Crippen LogP contribution is -2.53. The molecule has 0 heterocycles. The van der Waals surface area contributed by atoms with Gasteiger partial charge in [-0.15, -0.1) is 0 Å². The number of hydrogen-bond acceptors (Lipinski definition) is 4. The molecule has 2 amide bonds. The van der Waals surface area contributed by atoms with Gasteiger partial charge in [0.1, 0.15) is 12.6 Å². The number of nitrogens with zero attached hydrogens (tertiary/aromatic N) is 2. The van der Waals surface area contributed by atoms with Crippen molar-refractivity contribution in [2.45, 2.75) is 63.8 Å². The summed E-state index contributed by atoms with van der Waals surface area (Å²) in [6, 6.07) is 15.3. The Morgan fingerprint density at radius 2 is 1.64 bits per heavy atom. The van der Waals surface area contributed by atoms with E-state index in [-0.39, 0.29) is 28.9 Å². The van der Waals surface area contributed by atoms with Gasteiger partial charge in [0.05, 0.1) is 21.2 Å². The van der Waals surface area contributed by atoms with Crippen molar-refractivity contribution in [3.05, 3.63) is 94.5 Å². The van der Waals surface area contributed by atoms with Gasteiger partial charge in [0.25, 0.3) is 10.0 Å². The second kappa shape index (κ2) is 13.6. The third-order valence-electron chi connectivity index (χ3n) is 6.40. The first kappa shape index (κ1) is 32.9.